The molecule has 0 radical (unpaired) electrons. The fraction of sp³-hybridized carbons (Fsp3) is 0.650. The maximum Gasteiger partial charge on any atom is 0.224 e. The topological polar surface area (TPSA) is 111 Å². The molecule has 0 bridgehead atoms. The van der Waals surface area contributed by atoms with Crippen molar-refractivity contribution in [1.29, 1.82) is 0 Å². The largest absolute Gasteiger partial charge is 0.393 e. The fourth-order valence-corrected chi connectivity index (χ4v) is 3.46. The molecule has 0 aliphatic carbocycles. The minimum Gasteiger partial charge on any atom is -0.393 e. The van der Waals surface area contributed by atoms with Gasteiger partial charge in [0.2, 0.25) is 5.95 Å². The van der Waals surface area contributed by atoms with Gasteiger partial charge >= 0.3 is 0 Å². The van der Waals surface area contributed by atoms with Crippen molar-refractivity contribution in [2.75, 3.05) is 24.2 Å². The predicted octanol–water partition coefficient (Wildman–Crippen LogP) is 3.41. The van der Waals surface area contributed by atoms with E-state index in [2.05, 4.69) is 27.2 Å². The van der Waals surface area contributed by atoms with Crippen LogP contribution in [0.1, 0.15) is 64.5 Å². The van der Waals surface area contributed by atoms with E-state index in [1.54, 1.807) is 10.9 Å². The van der Waals surface area contributed by atoms with Gasteiger partial charge in [0, 0.05) is 6.54 Å². The average molecular weight is 389 g/mol. The second kappa shape index (κ2) is 10.4. The Labute approximate surface area is 166 Å². The number of unbranched alkanes of at least 4 members (excludes halogenated alkanes) is 7. The van der Waals surface area contributed by atoms with Gasteiger partial charge in [-0.3, -0.25) is 4.57 Å². The summed E-state index contributed by atoms with van der Waals surface area (Å²) < 4.78 is 7.55. The molecule has 4 N–H and O–H groups in total. The Bertz CT molecular complexity index is 775. The predicted molar refractivity (Wildman–Crippen MR) is 111 cm³/mol. The highest BCUT2D eigenvalue weighted by Gasteiger charge is 2.23. The van der Waals surface area contributed by atoms with Crippen molar-refractivity contribution in [2.45, 2.75) is 70.6 Å². The zero-order chi connectivity index (χ0) is 19.8. The minimum absolute atomic E-state index is 0.0534. The van der Waals surface area contributed by atoms with E-state index in [0.29, 0.717) is 17.0 Å². The molecule has 28 heavy (non-hydrogen) atoms. The van der Waals surface area contributed by atoms with Gasteiger partial charge < -0.3 is 20.9 Å². The molecule has 0 saturated heterocycles. The van der Waals surface area contributed by atoms with Gasteiger partial charge in [-0.1, -0.05) is 57.9 Å². The molecular formula is C20H32N6O2. The van der Waals surface area contributed by atoms with Crippen LogP contribution in [0, 0.1) is 0 Å². The van der Waals surface area contributed by atoms with Gasteiger partial charge in [-0.05, 0) is 12.5 Å². The molecule has 8 nitrogen and oxygen atoms in total. The minimum atomic E-state index is -0.350. The lowest BCUT2D eigenvalue weighted by molar-refractivity contribution is -0.00638. The van der Waals surface area contributed by atoms with Crippen molar-refractivity contribution >= 4 is 22.9 Å². The molecule has 0 fully saturated rings. The third-order valence-corrected chi connectivity index (χ3v) is 5.02. The standard InChI is InChI=1S/C20H32N6O2/c1-2-3-4-5-6-7-8-9-12-22-18-17-19(25-20(21)24-18)26(14-23-17)16-11-10-15(13-27)28-16/h10-11,14-16,27H,2-9,12-13H2,1H3,(H3,21,22,24,25)/t15-,16+/m0/s1. The summed E-state index contributed by atoms with van der Waals surface area (Å²) in [4.78, 5) is 13.1. The number of aliphatic hydroxyl groups excluding tert-OH is 1. The van der Waals surface area contributed by atoms with Crippen molar-refractivity contribution in [3.8, 4) is 0 Å². The molecule has 0 spiro atoms. The van der Waals surface area contributed by atoms with Crippen LogP contribution < -0.4 is 11.1 Å². The average Bonchev–Trinajstić information content (AvgIpc) is 3.33. The molecule has 0 saturated carbocycles. The number of nitrogens with one attached hydrogen (secondary N) is 1. The quantitative estimate of drug-likeness (QED) is 0.377. The summed E-state index contributed by atoms with van der Waals surface area (Å²) in [7, 11) is 0. The first-order chi connectivity index (χ1) is 13.7. The van der Waals surface area contributed by atoms with E-state index in [1.165, 1.54) is 44.9 Å². The fourth-order valence-electron chi connectivity index (χ4n) is 3.46. The number of anilines is 2. The first-order valence-electron chi connectivity index (χ1n) is 10.4. The van der Waals surface area contributed by atoms with Crippen molar-refractivity contribution in [3.63, 3.8) is 0 Å². The van der Waals surface area contributed by atoms with Gasteiger partial charge in [-0.25, -0.2) is 4.98 Å². The normalized spacial score (nSPS) is 18.9. The van der Waals surface area contributed by atoms with Crippen LogP contribution in [0.4, 0.5) is 11.8 Å². The smallest absolute Gasteiger partial charge is 0.224 e. The van der Waals surface area contributed by atoms with E-state index in [1.807, 2.05) is 12.2 Å². The molecule has 8 heteroatoms. The number of nitrogens with zero attached hydrogens (tertiary/aromatic N) is 4. The van der Waals surface area contributed by atoms with Crippen LogP contribution in [0.2, 0.25) is 0 Å². The van der Waals surface area contributed by atoms with Gasteiger partial charge in [0.15, 0.2) is 23.2 Å². The van der Waals surface area contributed by atoms with Gasteiger partial charge in [0.05, 0.1) is 12.9 Å². The Balaban J connectivity index is 1.53. The van der Waals surface area contributed by atoms with E-state index < -0.39 is 0 Å². The number of fused-ring (bicyclic) bond motifs is 1. The number of hydrogen-bond acceptors (Lipinski definition) is 7. The van der Waals surface area contributed by atoms with Crippen LogP contribution in [0.15, 0.2) is 18.5 Å². The lowest BCUT2D eigenvalue weighted by Gasteiger charge is -2.14. The Morgan fingerprint density at radius 1 is 1.11 bits per heavy atom. The number of hydrogen-bond donors (Lipinski definition) is 3. The molecule has 154 valence electrons. The second-order valence-electron chi connectivity index (χ2n) is 7.29. The lowest BCUT2D eigenvalue weighted by atomic mass is 10.1. The van der Waals surface area contributed by atoms with Crippen LogP contribution in [-0.2, 0) is 4.74 Å². The second-order valence-corrected chi connectivity index (χ2v) is 7.29. The molecule has 1 aliphatic rings. The number of rotatable bonds is 12. The number of aliphatic hydroxyl groups is 1. The van der Waals surface area contributed by atoms with E-state index in [-0.39, 0.29) is 24.9 Å². The molecule has 1 aliphatic heterocycles. The van der Waals surface area contributed by atoms with Gasteiger partial charge in [0.25, 0.3) is 0 Å². The highest BCUT2D eigenvalue weighted by molar-refractivity contribution is 5.84. The van der Waals surface area contributed by atoms with Crippen LogP contribution in [0.3, 0.4) is 0 Å². The summed E-state index contributed by atoms with van der Waals surface area (Å²) in [6, 6.07) is 0. The molecule has 0 aromatic carbocycles. The Morgan fingerprint density at radius 2 is 1.86 bits per heavy atom. The summed E-state index contributed by atoms with van der Waals surface area (Å²) in [6.07, 6.45) is 15.0. The Morgan fingerprint density at radius 3 is 2.57 bits per heavy atom. The number of nitrogen functional groups attached to an aromatic ring is 1. The number of ether oxygens (including phenoxy) is 1. The molecule has 2 atom stereocenters. The van der Waals surface area contributed by atoms with E-state index >= 15 is 0 Å². The highest BCUT2D eigenvalue weighted by atomic mass is 16.5. The van der Waals surface area contributed by atoms with E-state index in [9.17, 15) is 5.11 Å². The Hall–Kier alpha value is -2.19. The summed E-state index contributed by atoms with van der Waals surface area (Å²) >= 11 is 0. The maximum atomic E-state index is 9.24. The van der Waals surface area contributed by atoms with Gasteiger partial charge in [-0.15, -0.1) is 0 Å². The van der Waals surface area contributed by atoms with Crippen molar-refractivity contribution in [3.05, 3.63) is 18.5 Å². The zero-order valence-corrected chi connectivity index (χ0v) is 16.7. The van der Waals surface area contributed by atoms with Crippen molar-refractivity contribution in [1.82, 2.24) is 19.5 Å². The van der Waals surface area contributed by atoms with Crippen LogP contribution in [0.5, 0.6) is 0 Å². The van der Waals surface area contributed by atoms with Gasteiger partial charge in [-0.2, -0.15) is 9.97 Å². The van der Waals surface area contributed by atoms with Crippen molar-refractivity contribution < 1.29 is 9.84 Å². The molecule has 2 aromatic heterocycles. The zero-order valence-electron chi connectivity index (χ0n) is 16.7. The molecule has 3 heterocycles. The Kier molecular flexibility index (Phi) is 7.62. The lowest BCUT2D eigenvalue weighted by Crippen LogP contribution is -2.15. The third-order valence-electron chi connectivity index (χ3n) is 5.02. The monoisotopic (exact) mass is 388 g/mol. The number of aromatic nitrogens is 4. The maximum absolute atomic E-state index is 9.24. The van der Waals surface area contributed by atoms with Gasteiger partial charge in [0.1, 0.15) is 6.10 Å². The third kappa shape index (κ3) is 5.20. The molecule has 2 aromatic rings. The SMILES string of the molecule is CCCCCCCCCCNc1nc(N)nc2c1ncn2[C@H]1C=C[C@@H](CO)O1. The number of nitrogens with two attached hydrogens (primary N) is 1. The first-order valence-corrected chi connectivity index (χ1v) is 10.4. The summed E-state index contributed by atoms with van der Waals surface area (Å²) in [5, 5.41) is 12.6. The molecule has 0 unspecified atom stereocenters. The van der Waals surface area contributed by atoms with Crippen LogP contribution in [-0.4, -0.2) is 43.9 Å². The molecule has 0 amide bonds. The molecule has 3 rings (SSSR count). The summed E-state index contributed by atoms with van der Waals surface area (Å²) in [5.74, 6) is 0.859. The van der Waals surface area contributed by atoms with Crippen LogP contribution >= 0.6 is 0 Å². The van der Waals surface area contributed by atoms with E-state index in [0.717, 1.165) is 13.0 Å². The summed E-state index contributed by atoms with van der Waals surface area (Å²) in [5.41, 5.74) is 7.22. The first kappa shape index (κ1) is 20.5. The molecular weight excluding hydrogens is 356 g/mol. The van der Waals surface area contributed by atoms with E-state index in [4.69, 9.17) is 10.5 Å². The number of imidazole rings is 1. The van der Waals surface area contributed by atoms with Crippen LogP contribution in [0.25, 0.3) is 11.2 Å². The van der Waals surface area contributed by atoms with Crippen molar-refractivity contribution in [2.24, 2.45) is 0 Å². The summed E-state index contributed by atoms with van der Waals surface area (Å²) in [6.45, 7) is 3.02. The highest BCUT2D eigenvalue weighted by Crippen LogP contribution is 2.27.